The van der Waals surface area contributed by atoms with E-state index in [1.165, 1.54) is 0 Å². The van der Waals surface area contributed by atoms with Gasteiger partial charge in [0, 0.05) is 24.6 Å². The summed E-state index contributed by atoms with van der Waals surface area (Å²) in [6.07, 6.45) is 1.95. The largest absolute Gasteiger partial charge is 0.489 e. The number of nitrogens with one attached hydrogen (secondary N) is 2. The van der Waals surface area contributed by atoms with Crippen molar-refractivity contribution in [2.45, 2.75) is 33.3 Å². The van der Waals surface area contributed by atoms with Crippen LogP contribution in [-0.2, 0) is 11.4 Å². The summed E-state index contributed by atoms with van der Waals surface area (Å²) in [7, 11) is 0. The van der Waals surface area contributed by atoms with E-state index in [9.17, 15) is 9.59 Å². The summed E-state index contributed by atoms with van der Waals surface area (Å²) in [4.78, 5) is 23.6. The predicted molar refractivity (Wildman–Crippen MR) is 94.8 cm³/mol. The monoisotopic (exact) mass is 357 g/mol. The molecule has 1 aliphatic carbocycles. The SMILES string of the molecule is Cc1noc(C)c1COc1ccc(C(=O)NCCNC(=O)C2CC2)cc1. The van der Waals surface area contributed by atoms with E-state index in [0.717, 1.165) is 29.9 Å². The quantitative estimate of drug-likeness (QED) is 0.706. The molecule has 0 bridgehead atoms. The highest BCUT2D eigenvalue weighted by Gasteiger charge is 2.28. The van der Waals surface area contributed by atoms with Crippen LogP contribution in [0.3, 0.4) is 0 Å². The van der Waals surface area contributed by atoms with Crippen LogP contribution in [0.4, 0.5) is 0 Å². The van der Waals surface area contributed by atoms with E-state index in [-0.39, 0.29) is 17.7 Å². The molecule has 0 atom stereocenters. The summed E-state index contributed by atoms with van der Waals surface area (Å²) in [5.74, 6) is 1.50. The minimum Gasteiger partial charge on any atom is -0.489 e. The van der Waals surface area contributed by atoms with Crippen molar-refractivity contribution in [2.24, 2.45) is 5.92 Å². The fourth-order valence-electron chi connectivity index (χ4n) is 2.52. The van der Waals surface area contributed by atoms with Gasteiger partial charge in [0.2, 0.25) is 5.91 Å². The second-order valence-corrected chi connectivity index (χ2v) is 6.44. The zero-order valence-electron chi connectivity index (χ0n) is 15.0. The van der Waals surface area contributed by atoms with Crippen LogP contribution in [0.15, 0.2) is 28.8 Å². The molecule has 26 heavy (non-hydrogen) atoms. The minimum atomic E-state index is -0.178. The molecule has 0 radical (unpaired) electrons. The van der Waals surface area contributed by atoms with Crippen molar-refractivity contribution in [3.63, 3.8) is 0 Å². The molecule has 1 aromatic carbocycles. The minimum absolute atomic E-state index is 0.0825. The van der Waals surface area contributed by atoms with E-state index in [2.05, 4.69) is 15.8 Å². The predicted octanol–water partition coefficient (Wildman–Crippen LogP) is 2.13. The lowest BCUT2D eigenvalue weighted by atomic mass is 10.2. The van der Waals surface area contributed by atoms with Crippen LogP contribution < -0.4 is 15.4 Å². The van der Waals surface area contributed by atoms with E-state index >= 15 is 0 Å². The van der Waals surface area contributed by atoms with Gasteiger partial charge in [-0.15, -0.1) is 0 Å². The molecule has 0 saturated heterocycles. The number of carbonyl (C=O) groups is 2. The highest BCUT2D eigenvalue weighted by Crippen LogP contribution is 2.28. The van der Waals surface area contributed by atoms with Gasteiger partial charge in [0.1, 0.15) is 18.1 Å². The van der Waals surface area contributed by atoms with Gasteiger partial charge in [-0.2, -0.15) is 0 Å². The van der Waals surface area contributed by atoms with E-state index in [0.29, 0.717) is 31.0 Å². The van der Waals surface area contributed by atoms with Crippen molar-refractivity contribution >= 4 is 11.8 Å². The number of amides is 2. The van der Waals surface area contributed by atoms with E-state index in [1.807, 2.05) is 13.8 Å². The third-order valence-corrected chi connectivity index (χ3v) is 4.34. The van der Waals surface area contributed by atoms with Crippen LogP contribution in [0.2, 0.25) is 0 Å². The zero-order chi connectivity index (χ0) is 18.5. The first kappa shape index (κ1) is 18.0. The number of hydrogen-bond acceptors (Lipinski definition) is 5. The normalized spacial score (nSPS) is 13.3. The summed E-state index contributed by atoms with van der Waals surface area (Å²) in [5.41, 5.74) is 2.29. The molecular weight excluding hydrogens is 334 g/mol. The zero-order valence-corrected chi connectivity index (χ0v) is 15.0. The number of hydrogen-bond donors (Lipinski definition) is 2. The molecule has 0 aliphatic heterocycles. The summed E-state index contributed by atoms with van der Waals surface area (Å²) < 4.78 is 10.8. The molecule has 1 aliphatic rings. The van der Waals surface area contributed by atoms with E-state index in [4.69, 9.17) is 9.26 Å². The van der Waals surface area contributed by atoms with Crippen LogP contribution >= 0.6 is 0 Å². The van der Waals surface area contributed by atoms with Gasteiger partial charge in [0.05, 0.1) is 11.3 Å². The standard InChI is InChI=1S/C19H23N3O4/c1-12-17(13(2)26-22-12)11-25-16-7-5-15(6-8-16)19(24)21-10-9-20-18(23)14-3-4-14/h5-8,14H,3-4,9-11H2,1-2H3,(H,20,23)(H,21,24). The van der Waals surface area contributed by atoms with Gasteiger partial charge in [0.15, 0.2) is 0 Å². The number of ether oxygens (including phenoxy) is 1. The first-order valence-electron chi connectivity index (χ1n) is 8.75. The van der Waals surface area contributed by atoms with Crippen molar-refractivity contribution in [3.8, 4) is 5.75 Å². The third-order valence-electron chi connectivity index (χ3n) is 4.34. The Balaban J connectivity index is 1.42. The average Bonchev–Trinajstić information content (AvgIpc) is 3.44. The molecule has 0 unspecified atom stereocenters. The van der Waals surface area contributed by atoms with Gasteiger partial charge >= 0.3 is 0 Å². The summed E-state index contributed by atoms with van der Waals surface area (Å²) in [6.45, 7) is 4.93. The number of benzene rings is 1. The summed E-state index contributed by atoms with van der Waals surface area (Å²) >= 11 is 0. The lowest BCUT2D eigenvalue weighted by Gasteiger charge is -2.08. The Morgan fingerprint density at radius 1 is 1.15 bits per heavy atom. The van der Waals surface area contributed by atoms with E-state index < -0.39 is 0 Å². The van der Waals surface area contributed by atoms with Crippen molar-refractivity contribution in [1.29, 1.82) is 0 Å². The van der Waals surface area contributed by atoms with Crippen LogP contribution in [0.5, 0.6) is 5.75 Å². The molecule has 2 aromatic rings. The van der Waals surface area contributed by atoms with Gasteiger partial charge < -0.3 is 19.9 Å². The molecular formula is C19H23N3O4. The molecule has 7 heteroatoms. The van der Waals surface area contributed by atoms with Crippen LogP contribution in [-0.4, -0.2) is 30.1 Å². The second-order valence-electron chi connectivity index (χ2n) is 6.44. The Kier molecular flexibility index (Phi) is 5.55. The number of carbonyl (C=O) groups excluding carboxylic acids is 2. The maximum absolute atomic E-state index is 12.1. The maximum atomic E-state index is 12.1. The number of nitrogens with zero attached hydrogens (tertiary/aromatic N) is 1. The first-order valence-corrected chi connectivity index (χ1v) is 8.75. The molecule has 1 aromatic heterocycles. The van der Waals surface area contributed by atoms with Crippen molar-refractivity contribution in [1.82, 2.24) is 15.8 Å². The molecule has 3 rings (SSSR count). The highest BCUT2D eigenvalue weighted by molar-refractivity contribution is 5.94. The van der Waals surface area contributed by atoms with Crippen molar-refractivity contribution in [3.05, 3.63) is 46.8 Å². The lowest BCUT2D eigenvalue weighted by Crippen LogP contribution is -2.35. The summed E-state index contributed by atoms with van der Waals surface area (Å²) in [6, 6.07) is 6.92. The Bertz CT molecular complexity index is 759. The van der Waals surface area contributed by atoms with Crippen LogP contribution in [0.25, 0.3) is 0 Å². The van der Waals surface area contributed by atoms with Crippen molar-refractivity contribution in [2.75, 3.05) is 13.1 Å². The van der Waals surface area contributed by atoms with Gasteiger partial charge in [-0.1, -0.05) is 5.16 Å². The smallest absolute Gasteiger partial charge is 0.251 e. The maximum Gasteiger partial charge on any atom is 0.251 e. The van der Waals surface area contributed by atoms with Gasteiger partial charge in [0.25, 0.3) is 5.91 Å². The first-order chi connectivity index (χ1) is 12.5. The van der Waals surface area contributed by atoms with Crippen LogP contribution in [0, 0.1) is 19.8 Å². The molecule has 7 nitrogen and oxygen atoms in total. The van der Waals surface area contributed by atoms with Crippen LogP contribution in [0.1, 0.15) is 40.2 Å². The third kappa shape index (κ3) is 4.62. The molecule has 1 saturated carbocycles. The molecule has 138 valence electrons. The van der Waals surface area contributed by atoms with Gasteiger partial charge in [-0.3, -0.25) is 9.59 Å². The molecule has 2 amide bonds. The fraction of sp³-hybridized carbons (Fsp3) is 0.421. The van der Waals surface area contributed by atoms with Gasteiger partial charge in [-0.05, 0) is 51.0 Å². The lowest BCUT2D eigenvalue weighted by molar-refractivity contribution is -0.122. The number of rotatable bonds is 8. The average molecular weight is 357 g/mol. The van der Waals surface area contributed by atoms with Gasteiger partial charge in [-0.25, -0.2) is 0 Å². The van der Waals surface area contributed by atoms with E-state index in [1.54, 1.807) is 24.3 Å². The Labute approximate surface area is 152 Å². The Morgan fingerprint density at radius 2 is 1.85 bits per heavy atom. The second kappa shape index (κ2) is 8.03. The summed E-state index contributed by atoms with van der Waals surface area (Å²) in [5, 5.41) is 9.49. The molecule has 1 heterocycles. The highest BCUT2D eigenvalue weighted by atomic mass is 16.5. The molecule has 1 fully saturated rings. The molecule has 2 N–H and O–H groups in total. The van der Waals surface area contributed by atoms with Crippen molar-refractivity contribution < 1.29 is 18.8 Å². The molecule has 0 spiro atoms. The number of aromatic nitrogens is 1. The Morgan fingerprint density at radius 3 is 2.46 bits per heavy atom. The fourth-order valence-corrected chi connectivity index (χ4v) is 2.52. The number of aryl methyl sites for hydroxylation is 2. The Hall–Kier alpha value is -2.83. The topological polar surface area (TPSA) is 93.5 Å².